The van der Waals surface area contributed by atoms with Crippen molar-refractivity contribution in [3.8, 4) is 0 Å². The Bertz CT molecular complexity index is 245. The van der Waals surface area contributed by atoms with Crippen molar-refractivity contribution in [2.45, 2.75) is 71.2 Å². The molecular formula is C12H22O3. The summed E-state index contributed by atoms with van der Waals surface area (Å²) in [6, 6.07) is 0. The van der Waals surface area contributed by atoms with Gasteiger partial charge in [0.15, 0.2) is 12.1 Å². The van der Waals surface area contributed by atoms with Crippen LogP contribution in [0.15, 0.2) is 0 Å². The quantitative estimate of drug-likeness (QED) is 0.707. The molecule has 2 aliphatic heterocycles. The van der Waals surface area contributed by atoms with Crippen LogP contribution in [0.3, 0.4) is 0 Å². The highest BCUT2D eigenvalue weighted by Crippen LogP contribution is 2.48. The largest absolute Gasteiger partial charge is 0.343 e. The smallest absolute Gasteiger partial charge is 0.188 e. The van der Waals surface area contributed by atoms with Gasteiger partial charge in [0.05, 0.1) is 5.60 Å². The number of rotatable bonds is 2. The van der Waals surface area contributed by atoms with E-state index in [9.17, 15) is 0 Å². The molecule has 2 saturated heterocycles. The zero-order valence-corrected chi connectivity index (χ0v) is 10.4. The van der Waals surface area contributed by atoms with Gasteiger partial charge in [-0.15, -0.1) is 0 Å². The van der Waals surface area contributed by atoms with Crippen molar-refractivity contribution in [3.63, 3.8) is 0 Å². The third kappa shape index (κ3) is 1.61. The molecule has 0 bridgehead atoms. The van der Waals surface area contributed by atoms with Crippen molar-refractivity contribution < 1.29 is 14.2 Å². The van der Waals surface area contributed by atoms with Crippen LogP contribution in [-0.4, -0.2) is 23.8 Å². The van der Waals surface area contributed by atoms with Crippen LogP contribution in [0.5, 0.6) is 0 Å². The first-order chi connectivity index (χ1) is 6.94. The van der Waals surface area contributed by atoms with Crippen molar-refractivity contribution in [2.24, 2.45) is 5.92 Å². The Morgan fingerprint density at radius 1 is 1.00 bits per heavy atom. The van der Waals surface area contributed by atoms with Crippen molar-refractivity contribution in [3.05, 3.63) is 0 Å². The zero-order valence-electron chi connectivity index (χ0n) is 10.4. The molecule has 0 aromatic carbocycles. The zero-order chi connectivity index (χ0) is 11.3. The fraction of sp³-hybridized carbons (Fsp3) is 1.00. The van der Waals surface area contributed by atoms with E-state index >= 15 is 0 Å². The van der Waals surface area contributed by atoms with Crippen molar-refractivity contribution in [1.29, 1.82) is 0 Å². The second-order valence-corrected chi connectivity index (χ2v) is 5.15. The molecule has 0 amide bonds. The first-order valence-corrected chi connectivity index (χ1v) is 5.97. The molecule has 2 heterocycles. The van der Waals surface area contributed by atoms with Gasteiger partial charge in [-0.25, -0.2) is 0 Å². The number of ether oxygens (including phenoxy) is 3. The SMILES string of the molecule is CCC1(CC)O[C@H]2OC(C)(C)O[C@H]2C1C. The van der Waals surface area contributed by atoms with Crippen LogP contribution >= 0.6 is 0 Å². The lowest BCUT2D eigenvalue weighted by Crippen LogP contribution is -2.38. The van der Waals surface area contributed by atoms with Gasteiger partial charge in [-0.05, 0) is 26.7 Å². The summed E-state index contributed by atoms with van der Waals surface area (Å²) in [5.74, 6) is -0.0867. The van der Waals surface area contributed by atoms with E-state index in [2.05, 4.69) is 20.8 Å². The van der Waals surface area contributed by atoms with E-state index in [0.717, 1.165) is 12.8 Å². The highest BCUT2D eigenvalue weighted by atomic mass is 16.8. The molecular weight excluding hydrogens is 192 g/mol. The van der Waals surface area contributed by atoms with Gasteiger partial charge >= 0.3 is 0 Å². The minimum Gasteiger partial charge on any atom is -0.343 e. The first kappa shape index (κ1) is 11.4. The normalized spacial score (nSPS) is 41.8. The minimum absolute atomic E-state index is 0.0498. The summed E-state index contributed by atoms with van der Waals surface area (Å²) in [6.07, 6.45) is 1.96. The van der Waals surface area contributed by atoms with Crippen LogP contribution in [0.25, 0.3) is 0 Å². The topological polar surface area (TPSA) is 27.7 Å². The lowest BCUT2D eigenvalue weighted by Gasteiger charge is -2.33. The van der Waals surface area contributed by atoms with Crippen LogP contribution in [0, 0.1) is 5.92 Å². The molecule has 0 aliphatic carbocycles. The maximum Gasteiger partial charge on any atom is 0.188 e. The molecule has 0 aromatic heterocycles. The van der Waals surface area contributed by atoms with E-state index in [0.29, 0.717) is 5.92 Å². The summed E-state index contributed by atoms with van der Waals surface area (Å²) < 4.78 is 17.7. The van der Waals surface area contributed by atoms with Crippen molar-refractivity contribution in [1.82, 2.24) is 0 Å². The van der Waals surface area contributed by atoms with Gasteiger partial charge < -0.3 is 14.2 Å². The Balaban J connectivity index is 2.17. The molecule has 2 aliphatic rings. The second kappa shape index (κ2) is 3.44. The summed E-state index contributed by atoms with van der Waals surface area (Å²) in [5.41, 5.74) is -0.0498. The number of fused-ring (bicyclic) bond motifs is 1. The fourth-order valence-corrected chi connectivity index (χ4v) is 2.89. The molecule has 0 radical (unpaired) electrons. The average molecular weight is 214 g/mol. The maximum atomic E-state index is 6.07. The third-order valence-electron chi connectivity index (χ3n) is 3.96. The molecule has 88 valence electrons. The van der Waals surface area contributed by atoms with Gasteiger partial charge in [-0.1, -0.05) is 20.8 Å². The lowest BCUT2D eigenvalue weighted by molar-refractivity contribution is -0.233. The van der Waals surface area contributed by atoms with Gasteiger partial charge in [0.25, 0.3) is 0 Å². The molecule has 0 N–H and O–H groups in total. The van der Waals surface area contributed by atoms with E-state index < -0.39 is 5.79 Å². The third-order valence-corrected chi connectivity index (χ3v) is 3.96. The highest BCUT2D eigenvalue weighted by Gasteiger charge is 2.58. The predicted molar refractivity (Wildman–Crippen MR) is 57.4 cm³/mol. The molecule has 3 atom stereocenters. The van der Waals surface area contributed by atoms with Gasteiger partial charge in [0.1, 0.15) is 6.10 Å². The Kier molecular flexibility index (Phi) is 2.61. The van der Waals surface area contributed by atoms with Gasteiger partial charge in [-0.2, -0.15) is 0 Å². The van der Waals surface area contributed by atoms with Crippen LogP contribution < -0.4 is 0 Å². The molecule has 0 saturated carbocycles. The van der Waals surface area contributed by atoms with Crippen LogP contribution in [0.1, 0.15) is 47.5 Å². The Hall–Kier alpha value is -0.120. The highest BCUT2D eigenvalue weighted by molar-refractivity contribution is 4.99. The Labute approximate surface area is 92.1 Å². The van der Waals surface area contributed by atoms with Crippen molar-refractivity contribution >= 4 is 0 Å². The van der Waals surface area contributed by atoms with E-state index in [1.54, 1.807) is 0 Å². The minimum atomic E-state index is -0.489. The van der Waals surface area contributed by atoms with Crippen LogP contribution in [0.2, 0.25) is 0 Å². The summed E-state index contributed by atoms with van der Waals surface area (Å²) >= 11 is 0. The molecule has 15 heavy (non-hydrogen) atoms. The lowest BCUT2D eigenvalue weighted by atomic mass is 9.83. The molecule has 3 nitrogen and oxygen atoms in total. The Morgan fingerprint density at radius 2 is 1.60 bits per heavy atom. The number of hydrogen-bond acceptors (Lipinski definition) is 3. The summed E-state index contributed by atoms with van der Waals surface area (Å²) in [4.78, 5) is 0. The molecule has 0 spiro atoms. The van der Waals surface area contributed by atoms with Gasteiger partial charge in [0, 0.05) is 5.92 Å². The molecule has 1 unspecified atom stereocenters. The molecule has 2 rings (SSSR count). The van der Waals surface area contributed by atoms with Crippen LogP contribution in [-0.2, 0) is 14.2 Å². The molecule has 2 fully saturated rings. The van der Waals surface area contributed by atoms with E-state index in [1.807, 2.05) is 13.8 Å². The second-order valence-electron chi connectivity index (χ2n) is 5.15. The van der Waals surface area contributed by atoms with Gasteiger partial charge in [0.2, 0.25) is 0 Å². The van der Waals surface area contributed by atoms with Gasteiger partial charge in [-0.3, -0.25) is 0 Å². The monoisotopic (exact) mass is 214 g/mol. The summed E-state index contributed by atoms with van der Waals surface area (Å²) in [5, 5.41) is 0. The summed E-state index contributed by atoms with van der Waals surface area (Å²) in [6.45, 7) is 10.4. The summed E-state index contributed by atoms with van der Waals surface area (Å²) in [7, 11) is 0. The molecule has 0 aromatic rings. The Morgan fingerprint density at radius 3 is 2.07 bits per heavy atom. The average Bonchev–Trinajstić information content (AvgIpc) is 2.59. The first-order valence-electron chi connectivity index (χ1n) is 5.97. The standard InChI is InChI=1S/C12H22O3/c1-6-12(7-2)8(3)9-10(15-12)14-11(4,5)13-9/h8-10H,6-7H2,1-5H3/t8?,9-,10+/m0/s1. The van der Waals surface area contributed by atoms with Crippen LogP contribution in [0.4, 0.5) is 0 Å². The fourth-order valence-electron chi connectivity index (χ4n) is 2.89. The van der Waals surface area contributed by atoms with Crippen molar-refractivity contribution in [2.75, 3.05) is 0 Å². The number of hydrogen-bond donors (Lipinski definition) is 0. The predicted octanol–water partition coefficient (Wildman–Crippen LogP) is 2.69. The van der Waals surface area contributed by atoms with E-state index in [1.165, 1.54) is 0 Å². The van der Waals surface area contributed by atoms with E-state index in [-0.39, 0.29) is 18.0 Å². The van der Waals surface area contributed by atoms with E-state index in [4.69, 9.17) is 14.2 Å². The maximum absolute atomic E-state index is 6.07. The molecule has 3 heteroatoms.